The van der Waals surface area contributed by atoms with E-state index in [4.69, 9.17) is 93.4 Å². The fraction of sp³-hybridized carbons (Fsp3) is 0. The van der Waals surface area contributed by atoms with Gasteiger partial charge in [0.05, 0.1) is 0 Å². The van der Waals surface area contributed by atoms with Gasteiger partial charge in [-0.15, -0.1) is 44.1 Å². The maximum absolute atomic E-state index is 6.61. The van der Waals surface area contributed by atoms with E-state index in [0.717, 1.165) is 43.3 Å². The van der Waals surface area contributed by atoms with E-state index in [9.17, 15) is 0 Å². The van der Waals surface area contributed by atoms with Crippen LogP contribution >= 0.6 is 11.3 Å². The third kappa shape index (κ3) is 7.06. The Morgan fingerprint density at radius 2 is 0.761 bits per heavy atom. The van der Waals surface area contributed by atoms with Crippen LogP contribution in [0.25, 0.3) is 109 Å². The molecule has 0 spiro atoms. The van der Waals surface area contributed by atoms with Gasteiger partial charge in [-0.05, 0) is 73.6 Å². The average Bonchev–Trinajstić information content (AvgIpc) is 3.75. The van der Waals surface area contributed by atoms with Gasteiger partial charge in [-0.1, -0.05) is 137 Å². The van der Waals surface area contributed by atoms with Crippen LogP contribution in [0.1, 0.15) is 0 Å². The maximum Gasteiger partial charge on any atom is 0.164 e. The van der Waals surface area contributed by atoms with Gasteiger partial charge in [0, 0.05) is 42.4 Å². The lowest BCUT2D eigenvalue weighted by atomic mass is 9.60. The minimum atomic E-state index is 0.0211. The smallest absolute Gasteiger partial charge is 0.164 e. The van der Waals surface area contributed by atoms with E-state index < -0.39 is 0 Å². The lowest BCUT2D eigenvalue weighted by molar-refractivity contribution is 1.08. The van der Waals surface area contributed by atoms with Crippen LogP contribution in [-0.4, -0.2) is 93.4 Å². The van der Waals surface area contributed by atoms with Gasteiger partial charge in [-0.2, -0.15) is 0 Å². The van der Waals surface area contributed by atoms with Crippen molar-refractivity contribution < 1.29 is 0 Å². The Morgan fingerprint density at radius 1 is 0.299 bits per heavy atom. The summed E-state index contributed by atoms with van der Waals surface area (Å²) in [4.78, 5) is 14.8. The van der Waals surface area contributed by atoms with Crippen molar-refractivity contribution >= 4 is 186 Å². The number of nitrogens with zero attached hydrogens (tertiary/aromatic N) is 3. The van der Waals surface area contributed by atoms with Gasteiger partial charge in [0.1, 0.15) is 78.5 Å². The fourth-order valence-electron chi connectivity index (χ4n) is 9.08. The number of hydrogen-bond donors (Lipinski definition) is 0. The predicted octanol–water partition coefficient (Wildman–Crippen LogP) is 2.49. The Bertz CT molecular complexity index is 3760. The monoisotopic (exact) mass is 843 g/mol. The van der Waals surface area contributed by atoms with Crippen molar-refractivity contribution in [3.8, 4) is 67.5 Å². The quantitative estimate of drug-likeness (QED) is 0.242. The summed E-state index contributed by atoms with van der Waals surface area (Å²) in [5.74, 6) is 0.262. The lowest BCUT2D eigenvalue weighted by Gasteiger charge is -2.23. The van der Waals surface area contributed by atoms with E-state index in [1.807, 2.05) is 6.07 Å². The summed E-state index contributed by atoms with van der Waals surface area (Å²) in [5, 5.41) is 6.93. The minimum Gasteiger partial charge on any atom is -0.208 e. The maximum atomic E-state index is 6.61. The summed E-state index contributed by atoms with van der Waals surface area (Å²) in [6.07, 6.45) is 0. The van der Waals surface area contributed by atoms with E-state index >= 15 is 0 Å². The van der Waals surface area contributed by atoms with E-state index in [-0.39, 0.29) is 83.2 Å². The summed E-state index contributed by atoms with van der Waals surface area (Å²) in [5.41, 5.74) is 7.44. The average molecular weight is 842 g/mol. The third-order valence-corrected chi connectivity index (χ3v) is 13.9. The molecule has 286 valence electrons. The molecule has 0 amide bonds. The Hall–Kier alpha value is -6.62. The number of aromatic nitrogens is 3. The second kappa shape index (κ2) is 16.6. The first-order valence-corrected chi connectivity index (χ1v) is 22.1. The number of hydrogen-bond acceptors (Lipinski definition) is 4. The zero-order valence-corrected chi connectivity index (χ0v) is 36.6. The molecule has 9 aromatic carbocycles. The van der Waals surface area contributed by atoms with Gasteiger partial charge in [0.2, 0.25) is 0 Å². The Morgan fingerprint density at radius 3 is 1.39 bits per heavy atom. The first-order chi connectivity index (χ1) is 32.4. The molecule has 0 aliphatic heterocycles. The molecule has 11 rings (SSSR count). The van der Waals surface area contributed by atoms with Gasteiger partial charge >= 0.3 is 0 Å². The largest absolute Gasteiger partial charge is 0.208 e. The first-order valence-electron chi connectivity index (χ1n) is 21.2. The molecule has 67 heavy (non-hydrogen) atoms. The van der Waals surface area contributed by atoms with Gasteiger partial charge in [0.15, 0.2) is 17.5 Å². The Labute approximate surface area is 405 Å². The molecule has 2 aromatic heterocycles. The molecule has 2 heterocycles. The van der Waals surface area contributed by atoms with Crippen molar-refractivity contribution in [1.82, 2.24) is 15.0 Å². The molecule has 0 N–H and O–H groups in total. The van der Waals surface area contributed by atoms with Gasteiger partial charge in [-0.25, -0.2) is 15.0 Å². The molecule has 0 saturated heterocycles. The van der Waals surface area contributed by atoms with Crippen LogP contribution in [0.5, 0.6) is 0 Å². The molecule has 3 nitrogen and oxygen atoms in total. The second-order valence-corrected chi connectivity index (χ2v) is 17.6. The van der Waals surface area contributed by atoms with Crippen LogP contribution in [0.3, 0.4) is 0 Å². The van der Waals surface area contributed by atoms with Crippen LogP contribution in [0, 0.1) is 0 Å². The standard InChI is InChI=1S/C53H23B10N3S/c54-40-38(41(55)45(59)48(62)44(40)58)52-64-51(65-53(66-52)39-42(56)46(60)49(63)47(61)43(39)57)29-19-20-32(34-12-6-13-35-33-10-3-4-14-37(33)67-50(34)35)36(23-29)28-18-16-25-21-27(17-15-26(25)22-28)31-11-5-8-24-7-1-2-9-30(24)31/h1-23H. The van der Waals surface area contributed by atoms with Crippen LogP contribution in [0.4, 0.5) is 0 Å². The zero-order valence-electron chi connectivity index (χ0n) is 35.8. The molecule has 0 fully saturated rings. The summed E-state index contributed by atoms with van der Waals surface area (Å²) in [6, 6.07) is 49.0. The Kier molecular flexibility index (Phi) is 10.7. The number of fused-ring (bicyclic) bond motifs is 5. The molecule has 14 heteroatoms. The van der Waals surface area contributed by atoms with Crippen LogP contribution < -0.4 is 54.6 Å². The molecule has 0 aliphatic rings. The highest BCUT2D eigenvalue weighted by molar-refractivity contribution is 7.26. The highest BCUT2D eigenvalue weighted by atomic mass is 32.1. The van der Waals surface area contributed by atoms with Crippen molar-refractivity contribution in [2.45, 2.75) is 0 Å². The van der Waals surface area contributed by atoms with Crippen molar-refractivity contribution in [3.05, 3.63) is 140 Å². The van der Waals surface area contributed by atoms with Gasteiger partial charge in [-0.3, -0.25) is 0 Å². The van der Waals surface area contributed by atoms with Crippen LogP contribution in [0.15, 0.2) is 140 Å². The van der Waals surface area contributed by atoms with Crippen molar-refractivity contribution in [3.63, 3.8) is 0 Å². The zero-order chi connectivity index (χ0) is 46.4. The normalized spacial score (nSPS) is 11.6. The van der Waals surface area contributed by atoms with Crippen LogP contribution in [-0.2, 0) is 0 Å². The molecule has 11 aromatic rings. The summed E-state index contributed by atoms with van der Waals surface area (Å²) < 4.78 is 2.36. The lowest BCUT2D eigenvalue weighted by Crippen LogP contribution is -2.55. The van der Waals surface area contributed by atoms with Crippen molar-refractivity contribution in [2.75, 3.05) is 0 Å². The SMILES string of the molecule is [B]c1c([B])c([B])c(-c2nc(-c3ccc(-c4cccc5c4sc4ccccc45)c(-c4ccc5cc(-c6cccc7ccccc67)ccc5c4)c3)nc(-c3c([B])c([B])c([B])c([B])c3[B])n2)c([B])c1[B]. The summed E-state index contributed by atoms with van der Waals surface area (Å²) in [6.45, 7) is 0. The molecule has 0 atom stereocenters. The van der Waals surface area contributed by atoms with E-state index in [1.54, 1.807) is 11.3 Å². The second-order valence-electron chi connectivity index (χ2n) is 16.5. The molecule has 0 unspecified atom stereocenters. The molecule has 0 saturated carbocycles. The number of thiophene rings is 1. The number of rotatable bonds is 6. The Balaban J connectivity index is 1.16. The van der Waals surface area contributed by atoms with Gasteiger partial charge < -0.3 is 0 Å². The van der Waals surface area contributed by atoms with Crippen molar-refractivity contribution in [2.24, 2.45) is 0 Å². The highest BCUT2D eigenvalue weighted by Gasteiger charge is 2.23. The molecular weight excluding hydrogens is 819 g/mol. The van der Waals surface area contributed by atoms with E-state index in [0.29, 0.717) is 5.56 Å². The highest BCUT2D eigenvalue weighted by Crippen LogP contribution is 2.44. The van der Waals surface area contributed by atoms with Gasteiger partial charge in [0.25, 0.3) is 0 Å². The topological polar surface area (TPSA) is 38.7 Å². The predicted molar refractivity (Wildman–Crippen MR) is 294 cm³/mol. The third-order valence-electron chi connectivity index (χ3n) is 12.7. The molecule has 0 bridgehead atoms. The summed E-state index contributed by atoms with van der Waals surface area (Å²) in [7, 11) is 64.3. The molecule has 20 radical (unpaired) electrons. The molecule has 0 aliphatic carbocycles. The van der Waals surface area contributed by atoms with E-state index in [2.05, 4.69) is 133 Å². The fourth-order valence-corrected chi connectivity index (χ4v) is 10.3. The summed E-state index contributed by atoms with van der Waals surface area (Å²) >= 11 is 1.76. The number of benzene rings is 9. The van der Waals surface area contributed by atoms with Crippen LogP contribution in [0.2, 0.25) is 0 Å². The minimum absolute atomic E-state index is 0.0211. The van der Waals surface area contributed by atoms with E-state index in [1.165, 1.54) is 31.8 Å². The molecular formula is C53H23B10N3S. The first kappa shape index (κ1) is 43.0. The van der Waals surface area contributed by atoms with Crippen molar-refractivity contribution in [1.29, 1.82) is 0 Å².